The summed E-state index contributed by atoms with van der Waals surface area (Å²) in [6.45, 7) is 1.87. The number of piperidine rings is 1. The minimum atomic E-state index is -1.52. The van der Waals surface area contributed by atoms with Crippen LogP contribution < -0.4 is 5.32 Å². The molecule has 1 atom stereocenters. The number of nitrogens with one attached hydrogen (secondary N) is 2. The second kappa shape index (κ2) is 13.4. The predicted octanol–water partition coefficient (Wildman–Crippen LogP) is 5.59. The second-order valence-corrected chi connectivity index (χ2v) is 13.0. The number of hydrogen-bond donors (Lipinski definition) is 2. The van der Waals surface area contributed by atoms with Crippen LogP contribution in [0.25, 0.3) is 33.5 Å². The fraction of sp³-hybridized carbons (Fsp3) is 0.324. The molecule has 0 radical (unpaired) electrons. The lowest BCUT2D eigenvalue weighted by molar-refractivity contribution is -0.136. The molecule has 10 nitrogen and oxygen atoms in total. The van der Waals surface area contributed by atoms with E-state index in [1.807, 2.05) is 29.2 Å². The molecule has 2 aromatic heterocycles. The van der Waals surface area contributed by atoms with Crippen LogP contribution in [0.3, 0.4) is 0 Å². The first kappa shape index (κ1) is 32.5. The molecule has 2 aliphatic heterocycles. The number of ether oxygens (including phenoxy) is 1. The first-order valence-electron chi connectivity index (χ1n) is 16.4. The number of methoxy groups -OCH3 is 1. The fourth-order valence-electron chi connectivity index (χ4n) is 6.98. The Hall–Kier alpha value is -5.07. The van der Waals surface area contributed by atoms with Gasteiger partial charge in [-0.2, -0.15) is 5.10 Å². The number of H-pyrrole nitrogens is 1. The minimum Gasteiger partial charge on any atom is -0.384 e. The number of carbonyl (C=O) groups excluding carboxylic acids is 2. The summed E-state index contributed by atoms with van der Waals surface area (Å²) in [5.74, 6) is -0.0155. The average molecular weight is 666 g/mol. The molecule has 0 saturated carbocycles. The lowest BCUT2D eigenvalue weighted by atomic mass is 9.85. The maximum Gasteiger partial charge on any atom is 0.236 e. The van der Waals surface area contributed by atoms with Crippen LogP contribution in [0, 0.1) is 11.2 Å². The Labute approximate surface area is 282 Å². The van der Waals surface area contributed by atoms with Gasteiger partial charge in [0.1, 0.15) is 11.5 Å². The average Bonchev–Trinajstić information content (AvgIpc) is 3.74. The lowest BCUT2D eigenvalue weighted by Crippen LogP contribution is -2.48. The molecule has 0 bridgehead atoms. The zero-order chi connectivity index (χ0) is 34.0. The van der Waals surface area contributed by atoms with Crippen LogP contribution in [-0.2, 0) is 20.0 Å². The zero-order valence-electron chi connectivity index (χ0n) is 27.2. The van der Waals surface area contributed by atoms with Crippen molar-refractivity contribution in [1.82, 2.24) is 30.0 Å². The first-order valence-corrected chi connectivity index (χ1v) is 16.4. The molecule has 0 aliphatic carbocycles. The van der Waals surface area contributed by atoms with Crippen molar-refractivity contribution in [2.45, 2.75) is 24.9 Å². The monoisotopic (exact) mass is 665 g/mol. The number of aromatic nitrogens is 4. The van der Waals surface area contributed by atoms with E-state index in [0.29, 0.717) is 55.4 Å². The summed E-state index contributed by atoms with van der Waals surface area (Å²) < 4.78 is 35.1. The molecule has 252 valence electrons. The van der Waals surface area contributed by atoms with Crippen LogP contribution in [0.1, 0.15) is 24.8 Å². The van der Waals surface area contributed by atoms with E-state index in [4.69, 9.17) is 4.74 Å². The number of rotatable bonds is 9. The molecule has 4 heterocycles. The number of amides is 2. The van der Waals surface area contributed by atoms with E-state index in [2.05, 4.69) is 25.5 Å². The Bertz CT molecular complexity index is 1950. The number of halogens is 2. The summed E-state index contributed by atoms with van der Waals surface area (Å²) in [5, 5.41) is 11.2. The summed E-state index contributed by atoms with van der Waals surface area (Å²) >= 11 is 0. The van der Waals surface area contributed by atoms with Gasteiger partial charge in [-0.15, -0.1) is 0 Å². The highest BCUT2D eigenvalue weighted by atomic mass is 19.1. The van der Waals surface area contributed by atoms with Crippen LogP contribution in [0.2, 0.25) is 0 Å². The third-order valence-corrected chi connectivity index (χ3v) is 9.77. The molecule has 2 aliphatic rings. The number of aromatic amines is 1. The molecular formula is C37H37F2N7O3. The molecule has 49 heavy (non-hydrogen) atoms. The summed E-state index contributed by atoms with van der Waals surface area (Å²) in [6, 6.07) is 20.6. The first-order chi connectivity index (χ1) is 23.7. The van der Waals surface area contributed by atoms with E-state index in [1.54, 1.807) is 60.8 Å². The molecular weight excluding hydrogens is 628 g/mol. The van der Waals surface area contributed by atoms with Crippen molar-refractivity contribution in [3.8, 4) is 22.6 Å². The molecule has 0 unspecified atom stereocenters. The fourth-order valence-corrected chi connectivity index (χ4v) is 6.98. The predicted molar refractivity (Wildman–Crippen MR) is 182 cm³/mol. The quantitative estimate of drug-likeness (QED) is 0.211. The Morgan fingerprint density at radius 3 is 2.37 bits per heavy atom. The number of fused-ring (bicyclic) bond motifs is 1. The largest absolute Gasteiger partial charge is 0.384 e. The topological polar surface area (TPSA) is 116 Å². The Kier molecular flexibility index (Phi) is 8.91. The van der Waals surface area contributed by atoms with Gasteiger partial charge in [0.05, 0.1) is 29.8 Å². The molecule has 7 rings (SSSR count). The molecule has 2 N–H and O–H groups in total. The van der Waals surface area contributed by atoms with Crippen LogP contribution in [0.4, 0.5) is 14.5 Å². The number of hydrogen-bond acceptors (Lipinski definition) is 7. The van der Waals surface area contributed by atoms with E-state index in [9.17, 15) is 14.0 Å². The molecule has 12 heteroatoms. The Morgan fingerprint density at radius 2 is 1.65 bits per heavy atom. The van der Waals surface area contributed by atoms with E-state index in [1.165, 1.54) is 12.1 Å². The van der Waals surface area contributed by atoms with Gasteiger partial charge in [-0.1, -0.05) is 24.3 Å². The summed E-state index contributed by atoms with van der Waals surface area (Å²) in [4.78, 5) is 39.4. The van der Waals surface area contributed by atoms with Crippen LogP contribution >= 0.6 is 0 Å². The SMILES string of the molecule is COC[C@@]1(C(=O)Nc2ccc3[nH]nc(-c4ccc(F)cc4)c3c2)CCN(CC(=O)N2CCC(F)(c3ccc(-c4ncccn4)cc3)CC2)C1. The van der Waals surface area contributed by atoms with Gasteiger partial charge in [0.15, 0.2) is 5.82 Å². The number of carbonyl (C=O) groups is 2. The van der Waals surface area contributed by atoms with Gasteiger partial charge in [-0.25, -0.2) is 18.7 Å². The Balaban J connectivity index is 0.966. The van der Waals surface area contributed by atoms with E-state index in [0.717, 1.165) is 22.0 Å². The van der Waals surface area contributed by atoms with Gasteiger partial charge >= 0.3 is 0 Å². The van der Waals surface area contributed by atoms with Crippen LogP contribution in [0.15, 0.2) is 85.2 Å². The summed E-state index contributed by atoms with van der Waals surface area (Å²) in [7, 11) is 1.56. The second-order valence-electron chi connectivity index (χ2n) is 13.0. The van der Waals surface area contributed by atoms with Crippen molar-refractivity contribution in [2.75, 3.05) is 51.8 Å². The highest BCUT2D eigenvalue weighted by Gasteiger charge is 2.46. The number of anilines is 1. The van der Waals surface area contributed by atoms with Crippen LogP contribution in [-0.4, -0.2) is 88.2 Å². The van der Waals surface area contributed by atoms with Gasteiger partial charge in [-0.3, -0.25) is 19.6 Å². The number of nitrogens with zero attached hydrogens (tertiary/aromatic N) is 5. The lowest BCUT2D eigenvalue weighted by Gasteiger charge is -2.37. The Morgan fingerprint density at radius 1 is 0.939 bits per heavy atom. The van der Waals surface area contributed by atoms with Crippen molar-refractivity contribution in [3.05, 3.63) is 96.6 Å². The number of benzene rings is 3. The smallest absolute Gasteiger partial charge is 0.236 e. The van der Waals surface area contributed by atoms with Crippen molar-refractivity contribution < 1.29 is 23.1 Å². The van der Waals surface area contributed by atoms with Gasteiger partial charge < -0.3 is 15.0 Å². The maximum absolute atomic E-state index is 16.1. The third kappa shape index (κ3) is 6.66. The maximum atomic E-state index is 16.1. The van der Waals surface area contributed by atoms with Crippen molar-refractivity contribution in [3.63, 3.8) is 0 Å². The standard InChI is InChI=1S/C37H37F2N7O3/c1-49-24-36(35(48)42-29-11-12-31-30(21-29)33(44-43-31)25-5-9-28(38)10-6-25)13-18-45(23-36)22-32(47)46-19-14-37(39,15-20-46)27-7-3-26(4-8-27)34-40-16-2-17-41-34/h2-12,16-17,21H,13-15,18-20,22-24H2,1H3,(H,42,48)(H,43,44)/t36-/m1/s1. The molecule has 0 spiro atoms. The van der Waals surface area contributed by atoms with Gasteiger partial charge in [0.2, 0.25) is 11.8 Å². The van der Waals surface area contributed by atoms with Crippen molar-refractivity contribution >= 4 is 28.4 Å². The van der Waals surface area contributed by atoms with E-state index >= 15 is 4.39 Å². The molecule has 5 aromatic rings. The van der Waals surface area contributed by atoms with Crippen LogP contribution in [0.5, 0.6) is 0 Å². The molecule has 2 saturated heterocycles. The summed E-state index contributed by atoms with van der Waals surface area (Å²) in [6.07, 6.45) is 4.28. The van der Waals surface area contributed by atoms with E-state index in [-0.39, 0.29) is 43.6 Å². The van der Waals surface area contributed by atoms with Crippen molar-refractivity contribution in [2.24, 2.45) is 5.41 Å². The highest BCUT2D eigenvalue weighted by Crippen LogP contribution is 2.38. The highest BCUT2D eigenvalue weighted by molar-refractivity contribution is 6.00. The van der Waals surface area contributed by atoms with Gasteiger partial charge in [-0.05, 0) is 67.1 Å². The molecule has 2 fully saturated rings. The normalized spacial score (nSPS) is 19.3. The number of alkyl halides is 1. The minimum absolute atomic E-state index is 0.0778. The summed E-state index contributed by atoms with van der Waals surface area (Å²) in [5.41, 5.74) is 1.82. The molecule has 3 aromatic carbocycles. The van der Waals surface area contributed by atoms with E-state index < -0.39 is 11.1 Å². The van der Waals surface area contributed by atoms with Gasteiger partial charge in [0, 0.05) is 74.2 Å². The van der Waals surface area contributed by atoms with Gasteiger partial charge in [0.25, 0.3) is 0 Å². The van der Waals surface area contributed by atoms with Crippen molar-refractivity contribution in [1.29, 1.82) is 0 Å². The molecule has 2 amide bonds. The number of likely N-dealkylation sites (tertiary alicyclic amines) is 2. The zero-order valence-corrected chi connectivity index (χ0v) is 27.2. The third-order valence-electron chi connectivity index (χ3n) is 9.77.